The summed E-state index contributed by atoms with van der Waals surface area (Å²) in [6.45, 7) is 2.97. The number of amides is 2. The van der Waals surface area contributed by atoms with Crippen molar-refractivity contribution in [2.24, 2.45) is 0 Å². The van der Waals surface area contributed by atoms with Gasteiger partial charge in [0, 0.05) is 13.6 Å². The van der Waals surface area contributed by atoms with Gasteiger partial charge in [0.2, 0.25) is 5.91 Å². The smallest absolute Gasteiger partial charge is 0.253 e. The second-order valence-electron chi connectivity index (χ2n) is 6.96. The first-order valence-electron chi connectivity index (χ1n) is 8.76. The molecule has 2 aliphatic rings. The van der Waals surface area contributed by atoms with Crippen molar-refractivity contribution in [3.63, 3.8) is 0 Å². The minimum absolute atomic E-state index is 0.0594. The van der Waals surface area contributed by atoms with Gasteiger partial charge in [0.05, 0.1) is 19.6 Å². The van der Waals surface area contributed by atoms with Crippen molar-refractivity contribution >= 4 is 11.8 Å². The van der Waals surface area contributed by atoms with Gasteiger partial charge in [-0.3, -0.25) is 9.59 Å². The van der Waals surface area contributed by atoms with E-state index in [1.165, 1.54) is 24.0 Å². The molecule has 1 aliphatic carbocycles. The maximum absolute atomic E-state index is 12.7. The molecule has 0 radical (unpaired) electrons. The van der Waals surface area contributed by atoms with Crippen LogP contribution in [0, 0.1) is 0 Å². The summed E-state index contributed by atoms with van der Waals surface area (Å²) >= 11 is 0. The fourth-order valence-electron chi connectivity index (χ4n) is 3.67. The number of carbonyl (C=O) groups excluding carboxylic acids is 2. The molecule has 1 aromatic rings. The molecule has 5 heteroatoms. The third-order valence-corrected chi connectivity index (χ3v) is 5.10. The van der Waals surface area contributed by atoms with Crippen molar-refractivity contribution in [2.75, 3.05) is 26.7 Å². The zero-order valence-electron chi connectivity index (χ0n) is 14.6. The summed E-state index contributed by atoms with van der Waals surface area (Å²) in [4.78, 5) is 26.4. The van der Waals surface area contributed by atoms with Crippen LogP contribution in [0.3, 0.4) is 0 Å². The highest BCUT2D eigenvalue weighted by molar-refractivity contribution is 5.86. The number of carbonyl (C=O) groups is 2. The Morgan fingerprint density at radius 2 is 2.00 bits per heavy atom. The normalized spacial score (nSPS) is 23.5. The summed E-state index contributed by atoms with van der Waals surface area (Å²) in [5.74, 6) is -0.127. The van der Waals surface area contributed by atoms with Gasteiger partial charge < -0.3 is 15.0 Å². The number of aryl methyl sites for hydroxylation is 2. The topological polar surface area (TPSA) is 58.6 Å². The molecule has 0 bridgehead atoms. The molecule has 3 rings (SSSR count). The number of ether oxygens (including phenoxy) is 1. The molecule has 1 saturated heterocycles. The van der Waals surface area contributed by atoms with Crippen LogP contribution in [0.4, 0.5) is 0 Å². The van der Waals surface area contributed by atoms with Crippen LogP contribution in [-0.2, 0) is 33.6 Å². The van der Waals surface area contributed by atoms with Gasteiger partial charge in [0.25, 0.3) is 5.91 Å². The lowest BCUT2D eigenvalue weighted by atomic mass is 9.90. The second-order valence-corrected chi connectivity index (χ2v) is 6.96. The van der Waals surface area contributed by atoms with Crippen LogP contribution in [0.5, 0.6) is 0 Å². The van der Waals surface area contributed by atoms with Crippen LogP contribution in [0.25, 0.3) is 0 Å². The van der Waals surface area contributed by atoms with E-state index in [1.54, 1.807) is 18.9 Å². The van der Waals surface area contributed by atoms with E-state index in [4.69, 9.17) is 4.74 Å². The maximum atomic E-state index is 12.7. The van der Waals surface area contributed by atoms with Gasteiger partial charge in [-0.05, 0) is 49.3 Å². The van der Waals surface area contributed by atoms with Crippen molar-refractivity contribution in [2.45, 2.75) is 44.6 Å². The molecule has 5 nitrogen and oxygen atoms in total. The zero-order chi connectivity index (χ0) is 17.2. The molecule has 1 aromatic carbocycles. The van der Waals surface area contributed by atoms with E-state index in [9.17, 15) is 9.59 Å². The molecule has 1 atom stereocenters. The molecule has 0 unspecified atom stereocenters. The molecule has 2 amide bonds. The molecule has 0 saturated carbocycles. The molecular weight excluding hydrogens is 304 g/mol. The number of benzene rings is 1. The highest BCUT2D eigenvalue weighted by Gasteiger charge is 2.40. The van der Waals surface area contributed by atoms with Crippen LogP contribution in [0.2, 0.25) is 0 Å². The zero-order valence-corrected chi connectivity index (χ0v) is 14.6. The Morgan fingerprint density at radius 3 is 2.75 bits per heavy atom. The Bertz CT molecular complexity index is 643. The third-order valence-electron chi connectivity index (χ3n) is 5.10. The Balaban J connectivity index is 1.67. The van der Waals surface area contributed by atoms with Gasteiger partial charge in [-0.2, -0.15) is 0 Å². The molecule has 1 aliphatic heterocycles. The van der Waals surface area contributed by atoms with E-state index in [-0.39, 0.29) is 11.8 Å². The lowest BCUT2D eigenvalue weighted by molar-refractivity contribution is -0.162. The van der Waals surface area contributed by atoms with E-state index in [1.807, 2.05) is 0 Å². The lowest BCUT2D eigenvalue weighted by Crippen LogP contribution is -2.59. The number of hydrogen-bond acceptors (Lipinski definition) is 3. The number of morpholine rings is 1. The monoisotopic (exact) mass is 330 g/mol. The molecule has 130 valence electrons. The third kappa shape index (κ3) is 3.46. The molecule has 1 N–H and O–H groups in total. The van der Waals surface area contributed by atoms with Gasteiger partial charge in [0.1, 0.15) is 0 Å². The van der Waals surface area contributed by atoms with Gasteiger partial charge in [-0.15, -0.1) is 0 Å². The average Bonchev–Trinajstić information content (AvgIpc) is 2.61. The largest absolute Gasteiger partial charge is 0.362 e. The van der Waals surface area contributed by atoms with E-state index < -0.39 is 5.60 Å². The van der Waals surface area contributed by atoms with Crippen LogP contribution in [0.1, 0.15) is 36.5 Å². The number of likely N-dealkylation sites (N-methyl/N-ethyl adjacent to an activating group) is 1. The average molecular weight is 330 g/mol. The molecule has 0 aromatic heterocycles. The Labute approximate surface area is 143 Å². The minimum Gasteiger partial charge on any atom is -0.362 e. The van der Waals surface area contributed by atoms with Crippen molar-refractivity contribution in [1.29, 1.82) is 0 Å². The quantitative estimate of drug-likeness (QED) is 0.913. The van der Waals surface area contributed by atoms with Crippen molar-refractivity contribution in [1.82, 2.24) is 10.2 Å². The first kappa shape index (κ1) is 17.0. The summed E-state index contributed by atoms with van der Waals surface area (Å²) in [6.07, 6.45) is 5.15. The number of hydrogen-bond donors (Lipinski definition) is 1. The van der Waals surface area contributed by atoms with Crippen molar-refractivity contribution in [3.05, 3.63) is 34.9 Å². The molecular formula is C19H26N2O3. The standard InChI is InChI=1S/C19H26N2O3/c1-19(18(23)20-2)13-21(9-10-24-19)17(22)12-14-7-8-15-5-3-4-6-16(15)11-14/h7-8,11H,3-6,9-10,12-13H2,1-2H3,(H,20,23)/t19-/m0/s1. The van der Waals surface area contributed by atoms with Crippen LogP contribution in [-0.4, -0.2) is 49.1 Å². The lowest BCUT2D eigenvalue weighted by Gasteiger charge is -2.39. The highest BCUT2D eigenvalue weighted by Crippen LogP contribution is 2.23. The first-order chi connectivity index (χ1) is 11.5. The Hall–Kier alpha value is -1.88. The summed E-state index contributed by atoms with van der Waals surface area (Å²) in [6, 6.07) is 6.43. The van der Waals surface area contributed by atoms with E-state index in [2.05, 4.69) is 23.5 Å². The number of nitrogens with zero attached hydrogens (tertiary/aromatic N) is 1. The number of fused-ring (bicyclic) bond motifs is 1. The van der Waals surface area contributed by atoms with Crippen LogP contribution < -0.4 is 5.32 Å². The van der Waals surface area contributed by atoms with E-state index >= 15 is 0 Å². The predicted octanol–water partition coefficient (Wildman–Crippen LogP) is 1.47. The molecule has 0 spiro atoms. The van der Waals surface area contributed by atoms with Crippen LogP contribution in [0.15, 0.2) is 18.2 Å². The fraction of sp³-hybridized carbons (Fsp3) is 0.579. The number of rotatable bonds is 3. The SMILES string of the molecule is CNC(=O)[C@]1(C)CN(C(=O)Cc2ccc3c(c2)CCCC3)CCO1. The van der Waals surface area contributed by atoms with Gasteiger partial charge in [0.15, 0.2) is 5.60 Å². The molecule has 1 heterocycles. The van der Waals surface area contributed by atoms with E-state index in [0.29, 0.717) is 26.1 Å². The summed E-state index contributed by atoms with van der Waals surface area (Å²) < 4.78 is 5.62. The molecule has 24 heavy (non-hydrogen) atoms. The van der Waals surface area contributed by atoms with Crippen molar-refractivity contribution in [3.8, 4) is 0 Å². The van der Waals surface area contributed by atoms with Gasteiger partial charge in [-0.1, -0.05) is 18.2 Å². The Morgan fingerprint density at radius 1 is 1.25 bits per heavy atom. The molecule has 1 fully saturated rings. The van der Waals surface area contributed by atoms with Gasteiger partial charge in [-0.25, -0.2) is 0 Å². The second kappa shape index (κ2) is 6.93. The van der Waals surface area contributed by atoms with Gasteiger partial charge >= 0.3 is 0 Å². The Kier molecular flexibility index (Phi) is 4.90. The highest BCUT2D eigenvalue weighted by atomic mass is 16.5. The minimum atomic E-state index is -0.960. The van der Waals surface area contributed by atoms with E-state index in [0.717, 1.165) is 18.4 Å². The van der Waals surface area contributed by atoms with Crippen LogP contribution >= 0.6 is 0 Å². The predicted molar refractivity (Wildman–Crippen MR) is 91.8 cm³/mol. The summed E-state index contributed by atoms with van der Waals surface area (Å²) in [5, 5.41) is 2.62. The first-order valence-corrected chi connectivity index (χ1v) is 8.76. The number of nitrogens with one attached hydrogen (secondary N) is 1. The van der Waals surface area contributed by atoms with Crippen molar-refractivity contribution < 1.29 is 14.3 Å². The maximum Gasteiger partial charge on any atom is 0.253 e. The summed E-state index contributed by atoms with van der Waals surface area (Å²) in [7, 11) is 1.59. The summed E-state index contributed by atoms with van der Waals surface area (Å²) in [5.41, 5.74) is 2.92. The fourth-order valence-corrected chi connectivity index (χ4v) is 3.67.